The summed E-state index contributed by atoms with van der Waals surface area (Å²) in [5.74, 6) is 0.654. The number of ether oxygens (including phenoxy) is 4. The summed E-state index contributed by atoms with van der Waals surface area (Å²) < 4.78 is 25.7. The van der Waals surface area contributed by atoms with Crippen LogP contribution in [0.3, 0.4) is 0 Å². The molecule has 3 unspecified atom stereocenters. The quantitative estimate of drug-likeness (QED) is 0.145. The Morgan fingerprint density at radius 2 is 1.24 bits per heavy atom. The lowest BCUT2D eigenvalue weighted by atomic mass is 9.72. The van der Waals surface area contributed by atoms with Crippen LogP contribution in [0.5, 0.6) is 0 Å². The van der Waals surface area contributed by atoms with E-state index in [1.165, 1.54) is 25.7 Å². The molecule has 0 saturated heterocycles. The molecule has 0 aliphatic heterocycles. The van der Waals surface area contributed by atoms with Gasteiger partial charge in [-0.2, -0.15) is 0 Å². The van der Waals surface area contributed by atoms with E-state index in [1.54, 1.807) is 0 Å². The number of hydrogen-bond donors (Lipinski definition) is 0. The number of rotatable bonds is 21. The molecular weight excluding hydrogens is 472 g/mol. The van der Waals surface area contributed by atoms with Crippen molar-refractivity contribution in [1.29, 1.82) is 0 Å². The highest BCUT2D eigenvalue weighted by Crippen LogP contribution is 2.42. The molecule has 0 bridgehead atoms. The van der Waals surface area contributed by atoms with Crippen LogP contribution >= 0.6 is 0 Å². The monoisotopic (exact) mass is 543 g/mol. The average Bonchev–Trinajstić information content (AvgIpc) is 2.71. The third-order valence-electron chi connectivity index (χ3n) is 9.28. The summed E-state index contributed by atoms with van der Waals surface area (Å²) in [5.41, 5.74) is -0.809. The van der Waals surface area contributed by atoms with Crippen molar-refractivity contribution in [3.8, 4) is 0 Å². The van der Waals surface area contributed by atoms with Gasteiger partial charge in [0, 0.05) is 13.0 Å². The second kappa shape index (κ2) is 15.7. The van der Waals surface area contributed by atoms with Crippen LogP contribution in [0.25, 0.3) is 0 Å². The fraction of sp³-hybridized carbons (Fsp3) is 1.00. The van der Waals surface area contributed by atoms with Crippen LogP contribution < -0.4 is 0 Å². The first-order valence-corrected chi connectivity index (χ1v) is 15.7. The first-order valence-electron chi connectivity index (χ1n) is 15.7. The van der Waals surface area contributed by atoms with Gasteiger partial charge >= 0.3 is 0 Å². The van der Waals surface area contributed by atoms with Gasteiger partial charge in [-0.3, -0.25) is 0 Å². The van der Waals surface area contributed by atoms with Crippen molar-refractivity contribution in [3.63, 3.8) is 0 Å². The molecule has 4 heteroatoms. The summed E-state index contributed by atoms with van der Waals surface area (Å²) in [6, 6.07) is 0. The summed E-state index contributed by atoms with van der Waals surface area (Å²) in [4.78, 5) is 0. The third-order valence-corrected chi connectivity index (χ3v) is 9.28. The summed E-state index contributed by atoms with van der Waals surface area (Å²) in [7, 11) is 0. The molecule has 0 aromatic carbocycles. The Labute approximate surface area is 239 Å². The molecule has 0 aromatic rings. The van der Waals surface area contributed by atoms with Gasteiger partial charge in [-0.1, -0.05) is 60.8 Å². The molecule has 38 heavy (non-hydrogen) atoms. The summed E-state index contributed by atoms with van der Waals surface area (Å²) >= 11 is 0. The largest absolute Gasteiger partial charge is 0.376 e. The highest BCUT2D eigenvalue weighted by atomic mass is 16.5. The lowest BCUT2D eigenvalue weighted by Gasteiger charge is -2.46. The molecule has 0 aliphatic rings. The predicted octanol–water partition coefficient (Wildman–Crippen LogP) is 10.0. The van der Waals surface area contributed by atoms with Crippen molar-refractivity contribution in [2.75, 3.05) is 13.2 Å². The van der Waals surface area contributed by atoms with Crippen molar-refractivity contribution < 1.29 is 18.9 Å². The highest BCUT2D eigenvalue weighted by molar-refractivity contribution is 4.92. The zero-order valence-corrected chi connectivity index (χ0v) is 28.8. The smallest absolute Gasteiger partial charge is 0.0681 e. The maximum atomic E-state index is 6.72. The van der Waals surface area contributed by atoms with Gasteiger partial charge in [0.25, 0.3) is 0 Å². The second-order valence-electron chi connectivity index (χ2n) is 15.2. The van der Waals surface area contributed by atoms with E-state index in [-0.39, 0.29) is 45.9 Å². The highest BCUT2D eigenvalue weighted by Gasteiger charge is 2.42. The first kappa shape index (κ1) is 37.8. The molecule has 0 fully saturated rings. The Bertz CT molecular complexity index is 632. The van der Waals surface area contributed by atoms with E-state index >= 15 is 0 Å². The van der Waals surface area contributed by atoms with E-state index in [1.807, 2.05) is 0 Å². The molecule has 0 aliphatic carbocycles. The number of unbranched alkanes of at least 4 members (excludes halogenated alkanes) is 1. The van der Waals surface area contributed by atoms with Crippen LogP contribution in [0.1, 0.15) is 156 Å². The van der Waals surface area contributed by atoms with Gasteiger partial charge in [0.15, 0.2) is 0 Å². The molecule has 0 saturated carbocycles. The van der Waals surface area contributed by atoms with Crippen LogP contribution in [0.2, 0.25) is 0 Å². The molecular formula is C34H70O4. The lowest BCUT2D eigenvalue weighted by Crippen LogP contribution is -2.47. The van der Waals surface area contributed by atoms with Gasteiger partial charge in [0.2, 0.25) is 0 Å². The van der Waals surface area contributed by atoms with Crippen molar-refractivity contribution in [3.05, 3.63) is 0 Å². The normalized spacial score (nSPS) is 16.7. The first-order chi connectivity index (χ1) is 17.1. The van der Waals surface area contributed by atoms with Gasteiger partial charge in [0.05, 0.1) is 41.7 Å². The van der Waals surface area contributed by atoms with Crippen molar-refractivity contribution in [2.24, 2.45) is 16.7 Å². The van der Waals surface area contributed by atoms with Gasteiger partial charge < -0.3 is 18.9 Å². The Hall–Kier alpha value is -0.160. The maximum absolute atomic E-state index is 6.72. The minimum Gasteiger partial charge on any atom is -0.376 e. The number of hydrogen-bond acceptors (Lipinski definition) is 4. The molecule has 4 nitrogen and oxygen atoms in total. The minimum absolute atomic E-state index is 0.00904. The molecule has 3 atom stereocenters. The second-order valence-corrected chi connectivity index (χ2v) is 15.2. The lowest BCUT2D eigenvalue weighted by molar-refractivity contribution is -0.168. The molecule has 0 spiro atoms. The molecule has 230 valence electrons. The molecule has 0 heterocycles. The molecule has 0 aromatic heterocycles. The van der Waals surface area contributed by atoms with E-state index < -0.39 is 0 Å². The van der Waals surface area contributed by atoms with E-state index in [0.717, 1.165) is 25.9 Å². The van der Waals surface area contributed by atoms with E-state index in [9.17, 15) is 0 Å². The third kappa shape index (κ3) is 13.5. The van der Waals surface area contributed by atoms with Gasteiger partial charge in [-0.25, -0.2) is 0 Å². The van der Waals surface area contributed by atoms with Crippen LogP contribution in [-0.2, 0) is 18.9 Å². The zero-order valence-electron chi connectivity index (χ0n) is 28.8. The van der Waals surface area contributed by atoms with Crippen LogP contribution in [-0.4, -0.2) is 48.3 Å². The summed E-state index contributed by atoms with van der Waals surface area (Å²) in [5, 5.41) is 0. The fourth-order valence-corrected chi connectivity index (χ4v) is 5.23. The van der Waals surface area contributed by atoms with Crippen molar-refractivity contribution in [2.45, 2.75) is 191 Å². The van der Waals surface area contributed by atoms with Crippen LogP contribution in [0.4, 0.5) is 0 Å². The Kier molecular flexibility index (Phi) is 15.7. The Balaban J connectivity index is 4.96. The Morgan fingerprint density at radius 3 is 1.74 bits per heavy atom. The van der Waals surface area contributed by atoms with Gasteiger partial charge in [-0.15, -0.1) is 0 Å². The maximum Gasteiger partial charge on any atom is 0.0681 e. The SMILES string of the molecule is CCCCC(CC)COC(C)(C)CC(C)OC(C)(C)C(C)(C)CCOC(C)(C)C(C)(C)CC(C)OC(C)C. The van der Waals surface area contributed by atoms with E-state index in [4.69, 9.17) is 18.9 Å². The Morgan fingerprint density at radius 1 is 0.658 bits per heavy atom. The van der Waals surface area contributed by atoms with Crippen LogP contribution in [0.15, 0.2) is 0 Å². The molecule has 0 rings (SSSR count). The molecule has 0 N–H and O–H groups in total. The van der Waals surface area contributed by atoms with Crippen molar-refractivity contribution in [1.82, 2.24) is 0 Å². The molecule has 0 amide bonds. The summed E-state index contributed by atoms with van der Waals surface area (Å²) in [6.45, 7) is 37.2. The topological polar surface area (TPSA) is 36.9 Å². The van der Waals surface area contributed by atoms with Gasteiger partial charge in [-0.05, 0) is 105 Å². The van der Waals surface area contributed by atoms with E-state index in [2.05, 4.69) is 111 Å². The minimum atomic E-state index is -0.293. The fourth-order valence-electron chi connectivity index (χ4n) is 5.23. The van der Waals surface area contributed by atoms with E-state index in [0.29, 0.717) is 12.5 Å². The van der Waals surface area contributed by atoms with Crippen LogP contribution in [0, 0.1) is 16.7 Å². The van der Waals surface area contributed by atoms with Crippen molar-refractivity contribution >= 4 is 0 Å². The average molecular weight is 543 g/mol. The zero-order chi connectivity index (χ0) is 30.0. The molecule has 0 radical (unpaired) electrons. The summed E-state index contributed by atoms with van der Waals surface area (Å²) in [6.07, 6.45) is 8.31. The standard InChI is InChI=1S/C34H70O4/c1-17-19-20-29(18-2)25-36-32(11,12)24-28(6)38-34(15,16)30(7,8)21-22-35-33(13,14)31(9,10)23-27(5)37-26(3)4/h26-29H,17-25H2,1-16H3. The predicted molar refractivity (Wildman–Crippen MR) is 165 cm³/mol. The van der Waals surface area contributed by atoms with Gasteiger partial charge in [0.1, 0.15) is 0 Å².